The Hall–Kier alpha value is -4.73. The molecule has 4 rings (SSSR count). The molecular formula is C31H38N2O8+2. The van der Waals surface area contributed by atoms with Crippen molar-refractivity contribution in [2.24, 2.45) is 14.1 Å². The number of ether oxygens (including phenoxy) is 4. The Balaban J connectivity index is 0.000000330. The molecule has 2 aromatic heterocycles. The molecule has 0 aromatic carbocycles. The number of rotatable bonds is 4. The summed E-state index contributed by atoms with van der Waals surface area (Å²) in [4.78, 5) is 35.5. The molecule has 2 aromatic rings. The van der Waals surface area contributed by atoms with Crippen LogP contribution in [0.2, 0.25) is 0 Å². The smallest absolute Gasteiger partial charge is 0.348 e. The highest BCUT2D eigenvalue weighted by atomic mass is 16.8. The van der Waals surface area contributed by atoms with E-state index in [1.165, 1.54) is 63.1 Å². The van der Waals surface area contributed by atoms with Crippen LogP contribution in [-0.4, -0.2) is 34.6 Å². The fraction of sp³-hybridized carbons (Fsp3) is 0.323. The summed E-state index contributed by atoms with van der Waals surface area (Å²) < 4.78 is 24.1. The van der Waals surface area contributed by atoms with Gasteiger partial charge in [0.15, 0.2) is 24.8 Å². The maximum atomic E-state index is 11.9. The number of hydrogen-bond donors (Lipinski definition) is 1. The number of hydrogen-bond acceptors (Lipinski definition) is 8. The van der Waals surface area contributed by atoms with Gasteiger partial charge in [0.05, 0.1) is 0 Å². The Labute approximate surface area is 240 Å². The Kier molecular flexibility index (Phi) is 10.4. The molecule has 218 valence electrons. The minimum Gasteiger partial charge on any atom is -0.480 e. The van der Waals surface area contributed by atoms with Gasteiger partial charge < -0.3 is 24.1 Å². The largest absolute Gasteiger partial charge is 0.480 e. The standard InChI is InChI=1S/C18H20O8.C12H14N2.CH4/c1-10(6-8-11-13(19)23-17(2,3)24-14(11)20)7-9-12-15(21)25-18(4,5)26-16(12)22;1-13-7-3-11(4-8-13)12-5-9-14(2)10-6-12;/h6-9,19H,1-5H3;3-10H,1-2H3;1H4/q;+2;/b8-6+,10-7+;;. The van der Waals surface area contributed by atoms with Crippen LogP contribution in [0.3, 0.4) is 0 Å². The maximum Gasteiger partial charge on any atom is 0.348 e. The van der Waals surface area contributed by atoms with Gasteiger partial charge in [0.1, 0.15) is 25.2 Å². The average molecular weight is 567 g/mol. The number of carbonyl (C=O) groups is 3. The van der Waals surface area contributed by atoms with E-state index in [1.54, 1.807) is 6.92 Å². The van der Waals surface area contributed by atoms with E-state index in [2.05, 4.69) is 49.1 Å². The summed E-state index contributed by atoms with van der Waals surface area (Å²) in [6.45, 7) is 7.55. The number of allylic oxidation sites excluding steroid dienone is 4. The molecule has 10 nitrogen and oxygen atoms in total. The van der Waals surface area contributed by atoms with Gasteiger partial charge in [-0.3, -0.25) is 0 Å². The van der Waals surface area contributed by atoms with Gasteiger partial charge in [0, 0.05) is 52.0 Å². The number of aliphatic hydroxyl groups is 1. The second kappa shape index (κ2) is 13.1. The molecule has 0 saturated carbocycles. The molecule has 1 N–H and O–H groups in total. The first-order chi connectivity index (χ1) is 18.7. The zero-order valence-corrected chi connectivity index (χ0v) is 23.6. The molecule has 0 bridgehead atoms. The van der Waals surface area contributed by atoms with Crippen LogP contribution in [0, 0.1) is 0 Å². The van der Waals surface area contributed by atoms with E-state index in [0.29, 0.717) is 5.57 Å². The van der Waals surface area contributed by atoms with Crippen molar-refractivity contribution in [2.45, 2.75) is 53.6 Å². The van der Waals surface area contributed by atoms with Crippen molar-refractivity contribution in [1.29, 1.82) is 0 Å². The molecule has 4 heterocycles. The number of carbonyl (C=O) groups excluding carboxylic acids is 3. The zero-order chi connectivity index (χ0) is 29.7. The molecule has 10 heteroatoms. The fourth-order valence-corrected chi connectivity index (χ4v) is 3.48. The lowest BCUT2D eigenvalue weighted by molar-refractivity contribution is -0.671. The molecule has 2 aliphatic heterocycles. The molecule has 1 fully saturated rings. The van der Waals surface area contributed by atoms with Crippen molar-refractivity contribution in [3.05, 3.63) is 96.0 Å². The third-order valence-electron chi connectivity index (χ3n) is 5.56. The van der Waals surface area contributed by atoms with Crippen LogP contribution < -0.4 is 9.13 Å². The number of aromatic nitrogens is 2. The van der Waals surface area contributed by atoms with E-state index in [9.17, 15) is 19.5 Å². The van der Waals surface area contributed by atoms with Crippen LogP contribution in [-0.2, 0) is 47.4 Å². The summed E-state index contributed by atoms with van der Waals surface area (Å²) >= 11 is 0. The molecule has 0 unspecified atom stereocenters. The Bertz CT molecular complexity index is 1350. The summed E-state index contributed by atoms with van der Waals surface area (Å²) in [6.07, 6.45) is 13.7. The van der Waals surface area contributed by atoms with E-state index >= 15 is 0 Å². The van der Waals surface area contributed by atoms with Crippen LogP contribution >= 0.6 is 0 Å². The van der Waals surface area contributed by atoms with Crippen molar-refractivity contribution in [3.63, 3.8) is 0 Å². The number of aliphatic hydroxyl groups excluding tert-OH is 1. The minimum atomic E-state index is -1.30. The lowest BCUT2D eigenvalue weighted by Gasteiger charge is -2.29. The van der Waals surface area contributed by atoms with Gasteiger partial charge in [0.25, 0.3) is 17.5 Å². The quantitative estimate of drug-likeness (QED) is 0.194. The predicted molar refractivity (Wildman–Crippen MR) is 149 cm³/mol. The normalized spacial score (nSPS) is 17.8. The monoisotopic (exact) mass is 566 g/mol. The number of nitrogens with zero attached hydrogens (tertiary/aromatic N) is 2. The fourth-order valence-electron chi connectivity index (χ4n) is 3.48. The van der Waals surface area contributed by atoms with Gasteiger partial charge in [0.2, 0.25) is 0 Å². The number of pyridine rings is 2. The van der Waals surface area contributed by atoms with Crippen molar-refractivity contribution in [2.75, 3.05) is 0 Å². The summed E-state index contributed by atoms with van der Waals surface area (Å²) in [7, 11) is 4.05. The van der Waals surface area contributed by atoms with E-state index in [1.807, 2.05) is 23.2 Å². The van der Waals surface area contributed by atoms with E-state index in [0.717, 1.165) is 0 Å². The van der Waals surface area contributed by atoms with Gasteiger partial charge in [-0.05, 0) is 30.2 Å². The van der Waals surface area contributed by atoms with Gasteiger partial charge in [-0.2, -0.15) is 0 Å². The van der Waals surface area contributed by atoms with E-state index in [4.69, 9.17) is 18.9 Å². The second-order valence-electron chi connectivity index (χ2n) is 10.1. The lowest BCUT2D eigenvalue weighted by Crippen LogP contribution is -2.41. The van der Waals surface area contributed by atoms with Crippen LogP contribution in [0.4, 0.5) is 0 Å². The summed E-state index contributed by atoms with van der Waals surface area (Å²) in [5.41, 5.74) is 2.68. The first kappa shape index (κ1) is 32.5. The first-order valence-electron chi connectivity index (χ1n) is 12.5. The van der Waals surface area contributed by atoms with E-state index in [-0.39, 0.29) is 18.6 Å². The third-order valence-corrected chi connectivity index (χ3v) is 5.56. The average Bonchev–Trinajstić information content (AvgIpc) is 2.83. The van der Waals surface area contributed by atoms with Crippen molar-refractivity contribution < 1.29 is 47.6 Å². The SMILES string of the molecule is C.CC(/C=C/C1=C(O)OC(C)(C)OC1=O)=C\C=C1C(=O)OC(C)(C)OC1=O.C[n+]1ccc(-c2cc[n+](C)cc2)cc1. The highest BCUT2D eigenvalue weighted by Crippen LogP contribution is 2.26. The highest BCUT2D eigenvalue weighted by Gasteiger charge is 2.38. The van der Waals surface area contributed by atoms with Crippen LogP contribution in [0.15, 0.2) is 96.0 Å². The van der Waals surface area contributed by atoms with E-state index < -0.39 is 35.4 Å². The summed E-state index contributed by atoms with van der Waals surface area (Å²) in [5, 5.41) is 9.79. The summed E-state index contributed by atoms with van der Waals surface area (Å²) in [5.74, 6) is -5.40. The molecule has 0 aliphatic carbocycles. The Morgan fingerprint density at radius 2 is 1.17 bits per heavy atom. The second-order valence-corrected chi connectivity index (χ2v) is 10.1. The number of cyclic esters (lactones) is 3. The maximum absolute atomic E-state index is 11.9. The van der Waals surface area contributed by atoms with Crippen LogP contribution in [0.25, 0.3) is 11.1 Å². The molecule has 41 heavy (non-hydrogen) atoms. The Morgan fingerprint density at radius 1 is 0.756 bits per heavy atom. The molecule has 2 aliphatic rings. The number of aryl methyl sites for hydroxylation is 2. The molecule has 1 saturated heterocycles. The van der Waals surface area contributed by atoms with Crippen molar-refractivity contribution in [1.82, 2.24) is 0 Å². The van der Waals surface area contributed by atoms with Gasteiger partial charge in [-0.15, -0.1) is 0 Å². The van der Waals surface area contributed by atoms with Crippen molar-refractivity contribution in [3.8, 4) is 11.1 Å². The third kappa shape index (κ3) is 9.16. The highest BCUT2D eigenvalue weighted by molar-refractivity contribution is 6.15. The lowest BCUT2D eigenvalue weighted by atomic mass is 10.1. The molecule has 0 atom stereocenters. The molecule has 0 amide bonds. The molecule has 0 radical (unpaired) electrons. The Morgan fingerprint density at radius 3 is 1.61 bits per heavy atom. The molecular weight excluding hydrogens is 528 g/mol. The zero-order valence-electron chi connectivity index (χ0n) is 23.6. The predicted octanol–water partition coefficient (Wildman–Crippen LogP) is 3.97. The summed E-state index contributed by atoms with van der Waals surface area (Å²) in [6, 6.07) is 8.48. The minimum absolute atomic E-state index is 0. The van der Waals surface area contributed by atoms with Gasteiger partial charge in [-0.1, -0.05) is 25.2 Å². The topological polar surface area (TPSA) is 116 Å². The van der Waals surface area contributed by atoms with Gasteiger partial charge >= 0.3 is 17.9 Å². The molecule has 0 spiro atoms. The van der Waals surface area contributed by atoms with Crippen LogP contribution in [0.1, 0.15) is 42.0 Å². The first-order valence-corrected chi connectivity index (χ1v) is 12.5. The number of esters is 3. The van der Waals surface area contributed by atoms with Crippen molar-refractivity contribution >= 4 is 17.9 Å². The van der Waals surface area contributed by atoms with Gasteiger partial charge in [-0.25, -0.2) is 23.5 Å². The van der Waals surface area contributed by atoms with Crippen LogP contribution in [0.5, 0.6) is 0 Å².